The highest BCUT2D eigenvalue weighted by molar-refractivity contribution is 5.05. The first-order valence-corrected chi connectivity index (χ1v) is 5.50. The second-order valence-electron chi connectivity index (χ2n) is 4.27. The third kappa shape index (κ3) is 1.54. The summed E-state index contributed by atoms with van der Waals surface area (Å²) in [7, 11) is 0. The molecule has 0 amide bonds. The van der Waals surface area contributed by atoms with Gasteiger partial charge in [-0.1, -0.05) is 11.6 Å². The molecule has 3 rings (SSSR count). The van der Waals surface area contributed by atoms with E-state index in [0.29, 0.717) is 12.0 Å². The van der Waals surface area contributed by atoms with Crippen LogP contribution in [0.2, 0.25) is 0 Å². The lowest BCUT2D eigenvalue weighted by atomic mass is 10.1. The van der Waals surface area contributed by atoms with Gasteiger partial charge in [0.1, 0.15) is 0 Å². The maximum absolute atomic E-state index is 5.28. The molecule has 76 valence electrons. The number of nitrogens with zero attached hydrogens (tertiary/aromatic N) is 2. The molecule has 1 N–H and O–H groups in total. The maximum Gasteiger partial charge on any atom is 0.243 e. The summed E-state index contributed by atoms with van der Waals surface area (Å²) in [5.41, 5.74) is 0. The molecule has 0 radical (unpaired) electrons. The van der Waals surface area contributed by atoms with Gasteiger partial charge in [0, 0.05) is 5.92 Å². The molecule has 1 aromatic rings. The molecule has 0 spiro atoms. The van der Waals surface area contributed by atoms with Gasteiger partial charge in [0.05, 0.1) is 6.04 Å². The summed E-state index contributed by atoms with van der Waals surface area (Å²) < 4.78 is 5.28. The summed E-state index contributed by atoms with van der Waals surface area (Å²) in [4.78, 5) is 4.46. The number of nitrogens with one attached hydrogen (secondary N) is 1. The molecular weight excluding hydrogens is 178 g/mol. The molecule has 0 unspecified atom stereocenters. The largest absolute Gasteiger partial charge is 0.338 e. The van der Waals surface area contributed by atoms with Gasteiger partial charge in [-0.15, -0.1) is 0 Å². The number of piperidine rings is 1. The van der Waals surface area contributed by atoms with E-state index in [1.165, 1.54) is 25.7 Å². The lowest BCUT2D eigenvalue weighted by Crippen LogP contribution is -2.26. The molecule has 2 heterocycles. The third-order valence-corrected chi connectivity index (χ3v) is 3.01. The van der Waals surface area contributed by atoms with Crippen molar-refractivity contribution in [3.63, 3.8) is 0 Å². The quantitative estimate of drug-likeness (QED) is 0.777. The van der Waals surface area contributed by atoms with Gasteiger partial charge in [0.25, 0.3) is 0 Å². The fourth-order valence-electron chi connectivity index (χ4n) is 1.96. The van der Waals surface area contributed by atoms with Gasteiger partial charge < -0.3 is 9.84 Å². The van der Waals surface area contributed by atoms with E-state index in [1.807, 2.05) is 0 Å². The van der Waals surface area contributed by atoms with Crippen LogP contribution in [0, 0.1) is 0 Å². The van der Waals surface area contributed by atoms with Gasteiger partial charge in [-0.05, 0) is 32.2 Å². The molecule has 2 fully saturated rings. The van der Waals surface area contributed by atoms with Crippen LogP contribution in [0.1, 0.15) is 55.8 Å². The Balaban J connectivity index is 1.74. The Morgan fingerprint density at radius 1 is 1.21 bits per heavy atom. The lowest BCUT2D eigenvalue weighted by Gasteiger charge is -2.19. The molecule has 1 aliphatic heterocycles. The molecule has 1 aliphatic carbocycles. The van der Waals surface area contributed by atoms with Crippen LogP contribution in [0.5, 0.6) is 0 Å². The summed E-state index contributed by atoms with van der Waals surface area (Å²) in [6, 6.07) is 0.309. The number of rotatable bonds is 2. The van der Waals surface area contributed by atoms with Crippen molar-refractivity contribution in [1.29, 1.82) is 0 Å². The van der Waals surface area contributed by atoms with E-state index in [-0.39, 0.29) is 0 Å². The Bertz CT molecular complexity index is 313. The third-order valence-electron chi connectivity index (χ3n) is 3.01. The average Bonchev–Trinajstić information content (AvgIpc) is 2.98. The SMILES string of the molecule is C1CC[C@@H](c2nc(C3CC3)no2)NC1. The first-order valence-electron chi connectivity index (χ1n) is 5.50. The standard InChI is InChI=1S/C10H15N3O/c1-2-6-11-8(3-1)10-12-9(13-14-10)7-4-5-7/h7-8,11H,1-6H2/t8-/m0/s1. The first kappa shape index (κ1) is 8.41. The minimum absolute atomic E-state index is 0.309. The van der Waals surface area contributed by atoms with E-state index in [9.17, 15) is 0 Å². The highest BCUT2D eigenvalue weighted by atomic mass is 16.5. The predicted molar refractivity (Wildman–Crippen MR) is 50.9 cm³/mol. The molecule has 1 atom stereocenters. The number of aromatic nitrogens is 2. The van der Waals surface area contributed by atoms with Crippen molar-refractivity contribution >= 4 is 0 Å². The second kappa shape index (κ2) is 3.35. The summed E-state index contributed by atoms with van der Waals surface area (Å²) >= 11 is 0. The Labute approximate surface area is 83.1 Å². The van der Waals surface area contributed by atoms with Crippen LogP contribution in [-0.2, 0) is 0 Å². The van der Waals surface area contributed by atoms with Gasteiger partial charge in [-0.2, -0.15) is 4.98 Å². The zero-order valence-electron chi connectivity index (χ0n) is 8.20. The molecule has 4 heteroatoms. The van der Waals surface area contributed by atoms with Crippen molar-refractivity contribution in [2.45, 2.75) is 44.1 Å². The van der Waals surface area contributed by atoms with Crippen molar-refractivity contribution in [2.75, 3.05) is 6.54 Å². The van der Waals surface area contributed by atoms with Crippen LogP contribution < -0.4 is 5.32 Å². The van der Waals surface area contributed by atoms with Crippen molar-refractivity contribution in [2.24, 2.45) is 0 Å². The van der Waals surface area contributed by atoms with Gasteiger partial charge in [-0.25, -0.2) is 0 Å². The second-order valence-corrected chi connectivity index (χ2v) is 4.27. The van der Waals surface area contributed by atoms with Crippen LogP contribution in [0.15, 0.2) is 4.52 Å². The minimum Gasteiger partial charge on any atom is -0.338 e. The fourth-order valence-corrected chi connectivity index (χ4v) is 1.96. The van der Waals surface area contributed by atoms with Gasteiger partial charge in [-0.3, -0.25) is 0 Å². The molecule has 0 aromatic carbocycles. The number of hydrogen-bond donors (Lipinski definition) is 1. The molecule has 0 bridgehead atoms. The minimum atomic E-state index is 0.309. The van der Waals surface area contributed by atoms with Crippen LogP contribution in [0.25, 0.3) is 0 Å². The van der Waals surface area contributed by atoms with Crippen molar-refractivity contribution < 1.29 is 4.52 Å². The topological polar surface area (TPSA) is 51.0 Å². The average molecular weight is 193 g/mol. The van der Waals surface area contributed by atoms with Crippen molar-refractivity contribution in [1.82, 2.24) is 15.5 Å². The zero-order valence-corrected chi connectivity index (χ0v) is 8.20. The Hall–Kier alpha value is -0.900. The van der Waals surface area contributed by atoms with Crippen LogP contribution in [0.4, 0.5) is 0 Å². The van der Waals surface area contributed by atoms with E-state index in [4.69, 9.17) is 4.52 Å². The van der Waals surface area contributed by atoms with E-state index >= 15 is 0 Å². The molecule has 2 aliphatic rings. The van der Waals surface area contributed by atoms with Gasteiger partial charge >= 0.3 is 0 Å². The van der Waals surface area contributed by atoms with Crippen molar-refractivity contribution in [3.8, 4) is 0 Å². The highest BCUT2D eigenvalue weighted by Gasteiger charge is 2.30. The van der Waals surface area contributed by atoms with E-state index in [1.54, 1.807) is 0 Å². The van der Waals surface area contributed by atoms with Crippen LogP contribution >= 0.6 is 0 Å². The highest BCUT2D eigenvalue weighted by Crippen LogP contribution is 2.38. The van der Waals surface area contributed by atoms with Crippen LogP contribution in [0.3, 0.4) is 0 Å². The first-order chi connectivity index (χ1) is 6.93. The fraction of sp³-hybridized carbons (Fsp3) is 0.800. The summed E-state index contributed by atoms with van der Waals surface area (Å²) in [6.07, 6.45) is 6.12. The lowest BCUT2D eigenvalue weighted by molar-refractivity contribution is 0.296. The van der Waals surface area contributed by atoms with Gasteiger partial charge in [0.2, 0.25) is 5.89 Å². The molecule has 1 saturated carbocycles. The smallest absolute Gasteiger partial charge is 0.243 e. The zero-order chi connectivity index (χ0) is 9.38. The Kier molecular flexibility index (Phi) is 2.01. The predicted octanol–water partition coefficient (Wildman–Crippen LogP) is 1.76. The molecular formula is C10H15N3O. The Morgan fingerprint density at radius 3 is 2.86 bits per heavy atom. The normalized spacial score (nSPS) is 27.9. The van der Waals surface area contributed by atoms with E-state index in [2.05, 4.69) is 15.5 Å². The molecule has 14 heavy (non-hydrogen) atoms. The molecule has 4 nitrogen and oxygen atoms in total. The number of hydrogen-bond acceptors (Lipinski definition) is 4. The molecule has 1 saturated heterocycles. The summed E-state index contributed by atoms with van der Waals surface area (Å²) in [5.74, 6) is 2.31. The van der Waals surface area contributed by atoms with E-state index in [0.717, 1.165) is 24.7 Å². The van der Waals surface area contributed by atoms with E-state index < -0.39 is 0 Å². The van der Waals surface area contributed by atoms with Crippen LogP contribution in [-0.4, -0.2) is 16.7 Å². The maximum atomic E-state index is 5.28. The Morgan fingerprint density at radius 2 is 2.14 bits per heavy atom. The summed E-state index contributed by atoms with van der Waals surface area (Å²) in [6.45, 7) is 1.08. The monoisotopic (exact) mass is 193 g/mol. The van der Waals surface area contributed by atoms with Crippen molar-refractivity contribution in [3.05, 3.63) is 11.7 Å². The van der Waals surface area contributed by atoms with Gasteiger partial charge in [0.15, 0.2) is 5.82 Å². The molecule has 1 aromatic heterocycles. The summed E-state index contributed by atoms with van der Waals surface area (Å²) in [5, 5.41) is 7.44.